The maximum atomic E-state index is 12.8. The van der Waals surface area contributed by atoms with E-state index in [9.17, 15) is 4.79 Å². The molecule has 1 aliphatic heterocycles. The van der Waals surface area contributed by atoms with Gasteiger partial charge >= 0.3 is 0 Å². The highest BCUT2D eigenvalue weighted by atomic mass is 79.9. The van der Waals surface area contributed by atoms with E-state index >= 15 is 0 Å². The van der Waals surface area contributed by atoms with Crippen LogP contribution in [0, 0.1) is 0 Å². The fourth-order valence-corrected chi connectivity index (χ4v) is 4.37. The Morgan fingerprint density at radius 2 is 2.00 bits per heavy atom. The van der Waals surface area contributed by atoms with Crippen molar-refractivity contribution in [2.75, 3.05) is 13.1 Å². The lowest BCUT2D eigenvalue weighted by Crippen LogP contribution is -2.38. The lowest BCUT2D eigenvalue weighted by Gasteiger charge is -2.32. The molecule has 0 radical (unpaired) electrons. The quantitative estimate of drug-likeness (QED) is 0.652. The Morgan fingerprint density at radius 1 is 1.19 bits per heavy atom. The van der Waals surface area contributed by atoms with E-state index in [1.807, 2.05) is 23.2 Å². The molecule has 1 fully saturated rings. The second kappa shape index (κ2) is 7.87. The number of rotatable bonds is 4. The van der Waals surface area contributed by atoms with Gasteiger partial charge in [-0.05, 0) is 53.6 Å². The lowest BCUT2D eigenvalue weighted by atomic mass is 9.88. The summed E-state index contributed by atoms with van der Waals surface area (Å²) in [6, 6.07) is 14.7. The van der Waals surface area contributed by atoms with E-state index in [-0.39, 0.29) is 5.91 Å². The first kappa shape index (κ1) is 18.3. The molecule has 2 heterocycles. The molecular formula is C22H24BrN3O. The summed E-state index contributed by atoms with van der Waals surface area (Å²) < 4.78 is 1.03. The first-order valence-electron chi connectivity index (χ1n) is 9.46. The summed E-state index contributed by atoms with van der Waals surface area (Å²) in [4.78, 5) is 18.1. The minimum atomic E-state index is 0.213. The number of nitrogens with one attached hydrogen (secondary N) is 1. The molecular weight excluding hydrogens is 402 g/mol. The molecule has 0 spiro atoms. The molecule has 1 aliphatic rings. The Morgan fingerprint density at radius 3 is 2.78 bits per heavy atom. The SMILES string of the molecule is NCc1cccc(C2CCN(C(=O)Cc3c[nH]c4ccc(Br)cc34)CC2)c1. The summed E-state index contributed by atoms with van der Waals surface area (Å²) in [5.41, 5.74) is 10.4. The largest absolute Gasteiger partial charge is 0.361 e. The van der Waals surface area contributed by atoms with Gasteiger partial charge in [0.05, 0.1) is 6.42 Å². The number of benzene rings is 2. The van der Waals surface area contributed by atoms with Crippen molar-refractivity contribution in [2.24, 2.45) is 5.73 Å². The number of H-pyrrole nitrogens is 1. The van der Waals surface area contributed by atoms with Crippen LogP contribution in [-0.4, -0.2) is 28.9 Å². The average Bonchev–Trinajstić information content (AvgIpc) is 3.10. The molecule has 1 aromatic heterocycles. The number of piperidine rings is 1. The number of nitrogens with zero attached hydrogens (tertiary/aromatic N) is 1. The maximum Gasteiger partial charge on any atom is 0.227 e. The molecule has 140 valence electrons. The summed E-state index contributed by atoms with van der Waals surface area (Å²) in [7, 11) is 0. The van der Waals surface area contributed by atoms with Crippen LogP contribution in [0.25, 0.3) is 10.9 Å². The van der Waals surface area contributed by atoms with E-state index in [1.54, 1.807) is 0 Å². The minimum absolute atomic E-state index is 0.213. The van der Waals surface area contributed by atoms with Crippen molar-refractivity contribution in [3.8, 4) is 0 Å². The smallest absolute Gasteiger partial charge is 0.227 e. The molecule has 0 saturated carbocycles. The van der Waals surface area contributed by atoms with Gasteiger partial charge in [0, 0.05) is 41.2 Å². The fraction of sp³-hybridized carbons (Fsp3) is 0.318. The van der Waals surface area contributed by atoms with E-state index < -0.39 is 0 Å². The number of halogens is 1. The van der Waals surface area contributed by atoms with Crippen LogP contribution in [0.3, 0.4) is 0 Å². The van der Waals surface area contributed by atoms with Crippen molar-refractivity contribution in [1.82, 2.24) is 9.88 Å². The van der Waals surface area contributed by atoms with Crippen molar-refractivity contribution in [3.63, 3.8) is 0 Å². The van der Waals surface area contributed by atoms with Gasteiger partial charge in [-0.15, -0.1) is 0 Å². The van der Waals surface area contributed by atoms with Gasteiger partial charge in [-0.25, -0.2) is 0 Å². The Labute approximate surface area is 167 Å². The fourth-order valence-electron chi connectivity index (χ4n) is 4.01. The van der Waals surface area contributed by atoms with Gasteiger partial charge in [0.25, 0.3) is 0 Å². The monoisotopic (exact) mass is 425 g/mol. The van der Waals surface area contributed by atoms with E-state index in [0.29, 0.717) is 18.9 Å². The second-order valence-corrected chi connectivity index (χ2v) is 8.20. The predicted molar refractivity (Wildman–Crippen MR) is 113 cm³/mol. The van der Waals surface area contributed by atoms with Gasteiger partial charge in [0.15, 0.2) is 0 Å². The number of aromatic amines is 1. The third kappa shape index (κ3) is 3.94. The van der Waals surface area contributed by atoms with Crippen molar-refractivity contribution in [2.45, 2.75) is 31.7 Å². The van der Waals surface area contributed by atoms with Gasteiger partial charge in [-0.3, -0.25) is 4.79 Å². The Balaban J connectivity index is 1.40. The third-order valence-electron chi connectivity index (χ3n) is 5.58. The normalized spacial score (nSPS) is 15.4. The number of nitrogens with two attached hydrogens (primary N) is 1. The number of hydrogen-bond donors (Lipinski definition) is 2. The molecule has 27 heavy (non-hydrogen) atoms. The zero-order valence-corrected chi connectivity index (χ0v) is 16.8. The number of aromatic nitrogens is 1. The highest BCUT2D eigenvalue weighted by molar-refractivity contribution is 9.10. The van der Waals surface area contributed by atoms with Gasteiger partial charge in [0.1, 0.15) is 0 Å². The van der Waals surface area contributed by atoms with Crippen LogP contribution >= 0.6 is 15.9 Å². The highest BCUT2D eigenvalue weighted by Crippen LogP contribution is 2.29. The minimum Gasteiger partial charge on any atom is -0.361 e. The molecule has 4 nitrogen and oxygen atoms in total. The van der Waals surface area contributed by atoms with Gasteiger partial charge in [-0.2, -0.15) is 0 Å². The summed E-state index contributed by atoms with van der Waals surface area (Å²) >= 11 is 3.52. The van der Waals surface area contributed by atoms with Crippen LogP contribution in [0.1, 0.15) is 35.4 Å². The van der Waals surface area contributed by atoms with E-state index in [1.165, 1.54) is 11.1 Å². The Bertz CT molecular complexity index is 957. The van der Waals surface area contributed by atoms with Crippen LogP contribution < -0.4 is 5.73 Å². The predicted octanol–water partition coefficient (Wildman–Crippen LogP) is 4.34. The van der Waals surface area contributed by atoms with Crippen molar-refractivity contribution in [3.05, 3.63) is 69.8 Å². The molecule has 0 atom stereocenters. The van der Waals surface area contributed by atoms with Crippen LogP contribution in [0.4, 0.5) is 0 Å². The summed E-state index contributed by atoms with van der Waals surface area (Å²) in [5, 5.41) is 1.12. The molecule has 0 aliphatic carbocycles. The molecule has 0 bridgehead atoms. The number of fused-ring (bicyclic) bond motifs is 1. The average molecular weight is 426 g/mol. The van der Waals surface area contributed by atoms with Gasteiger partial charge in [0.2, 0.25) is 5.91 Å². The van der Waals surface area contributed by atoms with E-state index in [4.69, 9.17) is 5.73 Å². The van der Waals surface area contributed by atoms with E-state index in [2.05, 4.69) is 51.2 Å². The van der Waals surface area contributed by atoms with Gasteiger partial charge in [-0.1, -0.05) is 40.2 Å². The highest BCUT2D eigenvalue weighted by Gasteiger charge is 2.24. The van der Waals surface area contributed by atoms with Crippen LogP contribution in [0.15, 0.2) is 53.1 Å². The van der Waals surface area contributed by atoms with Crippen molar-refractivity contribution >= 4 is 32.7 Å². The number of hydrogen-bond acceptors (Lipinski definition) is 2. The van der Waals surface area contributed by atoms with Crippen LogP contribution in [0.2, 0.25) is 0 Å². The standard InChI is InChI=1S/C22H24BrN3O/c23-19-4-5-21-20(12-19)18(14-25-21)11-22(27)26-8-6-16(7-9-26)17-3-1-2-15(10-17)13-24/h1-5,10,12,14,16,25H,6-9,11,13,24H2. The molecule has 4 rings (SSSR count). The number of amides is 1. The molecule has 3 N–H and O–H groups in total. The molecule has 3 aromatic rings. The Kier molecular flexibility index (Phi) is 5.32. The summed E-state index contributed by atoms with van der Waals surface area (Å²) in [6.45, 7) is 2.22. The number of carbonyl (C=O) groups is 1. The zero-order chi connectivity index (χ0) is 18.8. The second-order valence-electron chi connectivity index (χ2n) is 7.28. The molecule has 1 saturated heterocycles. The van der Waals surface area contributed by atoms with Crippen LogP contribution in [0.5, 0.6) is 0 Å². The molecule has 0 unspecified atom stereocenters. The lowest BCUT2D eigenvalue weighted by molar-refractivity contribution is -0.131. The van der Waals surface area contributed by atoms with E-state index in [0.717, 1.165) is 46.9 Å². The summed E-state index contributed by atoms with van der Waals surface area (Å²) in [6.07, 6.45) is 4.43. The third-order valence-corrected chi connectivity index (χ3v) is 6.07. The number of carbonyl (C=O) groups excluding carboxylic acids is 1. The maximum absolute atomic E-state index is 12.8. The number of likely N-dealkylation sites (tertiary alicyclic amines) is 1. The van der Waals surface area contributed by atoms with Crippen LogP contribution in [-0.2, 0) is 17.8 Å². The first-order chi connectivity index (χ1) is 13.1. The molecule has 1 amide bonds. The van der Waals surface area contributed by atoms with Gasteiger partial charge < -0.3 is 15.6 Å². The molecule has 5 heteroatoms. The summed E-state index contributed by atoms with van der Waals surface area (Å²) in [5.74, 6) is 0.731. The first-order valence-corrected chi connectivity index (χ1v) is 10.3. The molecule has 2 aromatic carbocycles. The van der Waals surface area contributed by atoms with Crippen molar-refractivity contribution in [1.29, 1.82) is 0 Å². The van der Waals surface area contributed by atoms with Crippen molar-refractivity contribution < 1.29 is 4.79 Å². The topological polar surface area (TPSA) is 62.1 Å². The Hall–Kier alpha value is -2.11. The zero-order valence-electron chi connectivity index (χ0n) is 15.2.